The molecular formula is C10H16INO2. The Balaban J connectivity index is 0. The van der Waals surface area contributed by atoms with Crippen molar-refractivity contribution >= 4 is 29.9 Å². The van der Waals surface area contributed by atoms with E-state index in [9.17, 15) is 4.79 Å². The first kappa shape index (κ1) is 15.8. The van der Waals surface area contributed by atoms with Crippen LogP contribution in [0.5, 0.6) is 0 Å². The summed E-state index contributed by atoms with van der Waals surface area (Å²) in [7, 11) is 6.00. The Morgan fingerprint density at radius 1 is 1.14 bits per heavy atom. The summed E-state index contributed by atoms with van der Waals surface area (Å²) in [4.78, 5) is 12.2. The summed E-state index contributed by atoms with van der Waals surface area (Å²) in [5.74, 6) is -0.879. The molecule has 0 radical (unpaired) electrons. The summed E-state index contributed by atoms with van der Waals surface area (Å²) in [5.41, 5.74) is 0.331. The molecule has 14 heavy (non-hydrogen) atoms. The second-order valence-corrected chi connectivity index (χ2v) is 3.01. The Kier molecular flexibility index (Phi) is 10.1. The van der Waals surface area contributed by atoms with Crippen LogP contribution in [0.15, 0.2) is 30.3 Å². The van der Waals surface area contributed by atoms with Crippen LogP contribution < -0.4 is 0 Å². The number of benzene rings is 1. The molecule has 1 aromatic carbocycles. The zero-order chi connectivity index (χ0) is 10.3. The molecule has 0 spiro atoms. The highest BCUT2D eigenvalue weighted by atomic mass is 127. The SMILES string of the molecule is CN(C)C.I.O=C(O)c1ccccc1. The van der Waals surface area contributed by atoms with Gasteiger partial charge in [0.15, 0.2) is 0 Å². The van der Waals surface area contributed by atoms with Gasteiger partial charge in [0, 0.05) is 0 Å². The second-order valence-electron chi connectivity index (χ2n) is 3.01. The molecule has 0 unspecified atom stereocenters. The van der Waals surface area contributed by atoms with Gasteiger partial charge in [-0.25, -0.2) is 4.79 Å². The fraction of sp³-hybridized carbons (Fsp3) is 0.300. The maximum atomic E-state index is 10.2. The molecule has 0 aliphatic rings. The summed E-state index contributed by atoms with van der Waals surface area (Å²) in [5, 5.41) is 8.38. The predicted octanol–water partition coefficient (Wildman–Crippen LogP) is 2.18. The average molecular weight is 309 g/mol. The van der Waals surface area contributed by atoms with Crippen molar-refractivity contribution < 1.29 is 9.90 Å². The largest absolute Gasteiger partial charge is 0.478 e. The Labute approximate surface area is 102 Å². The molecule has 0 aliphatic carbocycles. The maximum Gasteiger partial charge on any atom is 0.335 e. The predicted molar refractivity (Wildman–Crippen MR) is 68.4 cm³/mol. The lowest BCUT2D eigenvalue weighted by Crippen LogP contribution is -1.99. The lowest BCUT2D eigenvalue weighted by atomic mass is 10.2. The van der Waals surface area contributed by atoms with Crippen LogP contribution in [0.3, 0.4) is 0 Å². The van der Waals surface area contributed by atoms with Gasteiger partial charge in [-0.1, -0.05) is 18.2 Å². The minimum absolute atomic E-state index is 0. The summed E-state index contributed by atoms with van der Waals surface area (Å²) in [6, 6.07) is 8.30. The van der Waals surface area contributed by atoms with Gasteiger partial charge in [0.1, 0.15) is 0 Å². The van der Waals surface area contributed by atoms with Crippen molar-refractivity contribution in [3.05, 3.63) is 35.9 Å². The molecule has 80 valence electrons. The summed E-state index contributed by atoms with van der Waals surface area (Å²) >= 11 is 0. The van der Waals surface area contributed by atoms with Gasteiger partial charge in [0.25, 0.3) is 0 Å². The first-order valence-electron chi connectivity index (χ1n) is 3.93. The van der Waals surface area contributed by atoms with Gasteiger partial charge in [0.05, 0.1) is 5.56 Å². The highest BCUT2D eigenvalue weighted by Crippen LogP contribution is 1.96. The number of nitrogens with zero attached hydrogens (tertiary/aromatic N) is 1. The van der Waals surface area contributed by atoms with Gasteiger partial charge >= 0.3 is 5.97 Å². The van der Waals surface area contributed by atoms with E-state index in [1.54, 1.807) is 30.3 Å². The van der Waals surface area contributed by atoms with Gasteiger partial charge in [-0.05, 0) is 33.3 Å². The molecule has 0 bridgehead atoms. The first-order valence-corrected chi connectivity index (χ1v) is 3.93. The molecule has 0 fully saturated rings. The molecule has 0 amide bonds. The van der Waals surface area contributed by atoms with Gasteiger partial charge in [0.2, 0.25) is 0 Å². The smallest absolute Gasteiger partial charge is 0.335 e. The number of rotatable bonds is 1. The van der Waals surface area contributed by atoms with Crippen LogP contribution in [0.25, 0.3) is 0 Å². The molecule has 0 aromatic heterocycles. The number of aromatic carboxylic acids is 1. The molecule has 0 aliphatic heterocycles. The van der Waals surface area contributed by atoms with Gasteiger partial charge in [-0.2, -0.15) is 0 Å². The first-order chi connectivity index (χ1) is 6.04. The monoisotopic (exact) mass is 309 g/mol. The number of carboxylic acids is 1. The van der Waals surface area contributed by atoms with Gasteiger partial charge in [-0.15, -0.1) is 24.0 Å². The van der Waals surface area contributed by atoms with Crippen LogP contribution in [0.2, 0.25) is 0 Å². The number of hydrogen-bond donors (Lipinski definition) is 1. The third-order valence-corrected chi connectivity index (χ3v) is 1.02. The van der Waals surface area contributed by atoms with E-state index in [4.69, 9.17) is 5.11 Å². The van der Waals surface area contributed by atoms with E-state index < -0.39 is 5.97 Å². The summed E-state index contributed by atoms with van der Waals surface area (Å²) in [6.45, 7) is 0. The molecule has 1 N–H and O–H groups in total. The number of carboxylic acid groups (broad SMARTS) is 1. The van der Waals surface area contributed by atoms with Crippen LogP contribution in [0, 0.1) is 0 Å². The van der Waals surface area contributed by atoms with Crippen LogP contribution >= 0.6 is 24.0 Å². The fourth-order valence-corrected chi connectivity index (χ4v) is 0.581. The molecule has 0 saturated carbocycles. The van der Waals surface area contributed by atoms with E-state index in [0.29, 0.717) is 5.56 Å². The quantitative estimate of drug-likeness (QED) is 0.809. The summed E-state index contributed by atoms with van der Waals surface area (Å²) < 4.78 is 0. The molecule has 0 heterocycles. The van der Waals surface area contributed by atoms with Gasteiger partial charge in [-0.3, -0.25) is 0 Å². The van der Waals surface area contributed by atoms with E-state index in [1.807, 2.05) is 26.0 Å². The van der Waals surface area contributed by atoms with E-state index in [1.165, 1.54) is 0 Å². The molecule has 0 saturated heterocycles. The number of hydrogen-bond acceptors (Lipinski definition) is 2. The van der Waals surface area contributed by atoms with Crippen molar-refractivity contribution in [1.82, 2.24) is 4.90 Å². The lowest BCUT2D eigenvalue weighted by molar-refractivity contribution is 0.0697. The van der Waals surface area contributed by atoms with Crippen molar-refractivity contribution in [3.63, 3.8) is 0 Å². The molecule has 4 heteroatoms. The van der Waals surface area contributed by atoms with E-state index >= 15 is 0 Å². The van der Waals surface area contributed by atoms with Crippen LogP contribution in [-0.4, -0.2) is 37.1 Å². The minimum atomic E-state index is -0.879. The number of carbonyl (C=O) groups is 1. The number of halogens is 1. The second kappa shape index (κ2) is 8.96. The minimum Gasteiger partial charge on any atom is -0.478 e. The Morgan fingerprint density at radius 2 is 1.50 bits per heavy atom. The van der Waals surface area contributed by atoms with Crippen molar-refractivity contribution in [3.8, 4) is 0 Å². The highest BCUT2D eigenvalue weighted by molar-refractivity contribution is 14.0. The topological polar surface area (TPSA) is 40.5 Å². The van der Waals surface area contributed by atoms with Crippen molar-refractivity contribution in [2.75, 3.05) is 21.1 Å². The van der Waals surface area contributed by atoms with E-state index in [-0.39, 0.29) is 24.0 Å². The van der Waals surface area contributed by atoms with E-state index in [0.717, 1.165) is 0 Å². The lowest BCUT2D eigenvalue weighted by Gasteiger charge is -1.90. The molecule has 3 nitrogen and oxygen atoms in total. The van der Waals surface area contributed by atoms with Crippen molar-refractivity contribution in [2.45, 2.75) is 0 Å². The third kappa shape index (κ3) is 9.47. The van der Waals surface area contributed by atoms with Crippen molar-refractivity contribution in [2.24, 2.45) is 0 Å². The molecule has 0 atom stereocenters. The molecular weight excluding hydrogens is 293 g/mol. The van der Waals surface area contributed by atoms with Crippen molar-refractivity contribution in [1.29, 1.82) is 0 Å². The zero-order valence-corrected chi connectivity index (χ0v) is 10.9. The molecule has 1 aromatic rings. The Hall–Kier alpha value is -0.620. The van der Waals surface area contributed by atoms with Crippen LogP contribution in [0.4, 0.5) is 0 Å². The van der Waals surface area contributed by atoms with Crippen LogP contribution in [0.1, 0.15) is 10.4 Å². The fourth-order valence-electron chi connectivity index (χ4n) is 0.581. The summed E-state index contributed by atoms with van der Waals surface area (Å²) in [6.07, 6.45) is 0. The normalized spacial score (nSPS) is 8.29. The zero-order valence-electron chi connectivity index (χ0n) is 8.60. The Morgan fingerprint density at radius 3 is 1.71 bits per heavy atom. The molecule has 1 rings (SSSR count). The third-order valence-electron chi connectivity index (χ3n) is 1.02. The maximum absolute atomic E-state index is 10.2. The average Bonchev–Trinajstić information content (AvgIpc) is 2.05. The van der Waals surface area contributed by atoms with E-state index in [2.05, 4.69) is 0 Å². The Bertz CT molecular complexity index is 247. The standard InChI is InChI=1S/C7H6O2.C3H9N.HI/c8-7(9)6-4-2-1-3-5-6;1-4(2)3;/h1-5H,(H,8,9);1-3H3;1H. The highest BCUT2D eigenvalue weighted by Gasteiger charge is 1.96. The van der Waals surface area contributed by atoms with Crippen LogP contribution in [-0.2, 0) is 0 Å². The van der Waals surface area contributed by atoms with Gasteiger partial charge < -0.3 is 10.0 Å².